The number of hydrogen-bond donors (Lipinski definition) is 0. The first-order valence-corrected chi connectivity index (χ1v) is 13.8. The van der Waals surface area contributed by atoms with Gasteiger partial charge in [-0.25, -0.2) is 9.88 Å². The summed E-state index contributed by atoms with van der Waals surface area (Å²) in [4.78, 5) is 48.3. The summed E-state index contributed by atoms with van der Waals surface area (Å²) in [5.74, 6) is -0.232. The van der Waals surface area contributed by atoms with E-state index in [1.54, 1.807) is 29.2 Å². The van der Waals surface area contributed by atoms with Gasteiger partial charge in [0.25, 0.3) is 5.91 Å². The third-order valence-electron chi connectivity index (χ3n) is 7.83. The molecule has 39 heavy (non-hydrogen) atoms. The predicted octanol–water partition coefficient (Wildman–Crippen LogP) is 5.92. The maximum Gasteiger partial charge on any atom is 0.257 e. The smallest absolute Gasteiger partial charge is 0.257 e. The summed E-state index contributed by atoms with van der Waals surface area (Å²) < 4.78 is 5.86. The number of amides is 3. The standard InChI is InChI=1S/C32H31N3O4/c36-29(20-22-10-4-3-5-11-22)34(24-12-6-1-2-7-13-24)27-21-30(37)35(32(27)38)25-18-16-23(17-19-25)31-33-26-14-8-9-15-28(26)39-31/h3-5,8-11,14-19,24,27H,1-2,6-7,12-13,20-21H2. The average Bonchev–Trinajstić information content (AvgIpc) is 3.39. The molecule has 7 nitrogen and oxygen atoms in total. The fraction of sp³-hybridized carbons (Fsp3) is 0.312. The Morgan fingerprint density at radius 1 is 0.872 bits per heavy atom. The highest BCUT2D eigenvalue weighted by molar-refractivity contribution is 6.23. The molecule has 1 saturated carbocycles. The topological polar surface area (TPSA) is 83.7 Å². The second-order valence-corrected chi connectivity index (χ2v) is 10.4. The van der Waals surface area contributed by atoms with Crippen LogP contribution >= 0.6 is 0 Å². The second-order valence-electron chi connectivity index (χ2n) is 10.4. The number of hydrogen-bond acceptors (Lipinski definition) is 5. The van der Waals surface area contributed by atoms with Gasteiger partial charge >= 0.3 is 0 Å². The van der Waals surface area contributed by atoms with E-state index >= 15 is 0 Å². The van der Waals surface area contributed by atoms with Crippen molar-refractivity contribution in [1.29, 1.82) is 0 Å². The number of aromatic nitrogens is 1. The molecule has 7 heteroatoms. The zero-order chi connectivity index (χ0) is 26.8. The van der Waals surface area contributed by atoms with Gasteiger partial charge in [0.2, 0.25) is 17.7 Å². The Labute approximate surface area is 227 Å². The van der Waals surface area contributed by atoms with E-state index in [0.29, 0.717) is 17.2 Å². The normalized spacial score (nSPS) is 18.5. The summed E-state index contributed by atoms with van der Waals surface area (Å²) in [7, 11) is 0. The Kier molecular flexibility index (Phi) is 6.97. The lowest BCUT2D eigenvalue weighted by Gasteiger charge is -2.35. The first-order chi connectivity index (χ1) is 19.1. The first kappa shape index (κ1) is 25.0. The van der Waals surface area contributed by atoms with Crippen LogP contribution in [-0.4, -0.2) is 39.7 Å². The summed E-state index contributed by atoms with van der Waals surface area (Å²) in [5, 5.41) is 0. The highest BCUT2D eigenvalue weighted by Crippen LogP contribution is 2.33. The second kappa shape index (κ2) is 10.8. The van der Waals surface area contributed by atoms with Gasteiger partial charge in [-0.2, -0.15) is 0 Å². The maximum absolute atomic E-state index is 13.8. The molecule has 4 aromatic rings. The minimum Gasteiger partial charge on any atom is -0.436 e. The molecule has 2 heterocycles. The highest BCUT2D eigenvalue weighted by atomic mass is 16.3. The largest absolute Gasteiger partial charge is 0.436 e. The summed E-state index contributed by atoms with van der Waals surface area (Å²) in [6.45, 7) is 0. The van der Waals surface area contributed by atoms with Crippen molar-refractivity contribution < 1.29 is 18.8 Å². The fourth-order valence-corrected chi connectivity index (χ4v) is 5.88. The molecule has 1 atom stereocenters. The molecule has 0 bridgehead atoms. The minimum atomic E-state index is -0.784. The van der Waals surface area contributed by atoms with Gasteiger partial charge in [-0.3, -0.25) is 14.4 Å². The van der Waals surface area contributed by atoms with Crippen molar-refractivity contribution in [1.82, 2.24) is 9.88 Å². The van der Waals surface area contributed by atoms with E-state index < -0.39 is 6.04 Å². The van der Waals surface area contributed by atoms with Crippen LogP contribution in [0.1, 0.15) is 50.5 Å². The fourth-order valence-electron chi connectivity index (χ4n) is 5.88. The molecule has 0 N–H and O–H groups in total. The van der Waals surface area contributed by atoms with Crippen molar-refractivity contribution in [3.63, 3.8) is 0 Å². The Hall–Kier alpha value is -4.26. The lowest BCUT2D eigenvalue weighted by atomic mass is 10.0. The molecule has 2 fully saturated rings. The zero-order valence-corrected chi connectivity index (χ0v) is 21.8. The van der Waals surface area contributed by atoms with Crippen molar-refractivity contribution in [3.05, 3.63) is 84.4 Å². The Balaban J connectivity index is 1.26. The van der Waals surface area contributed by atoms with Crippen molar-refractivity contribution in [2.75, 3.05) is 4.90 Å². The maximum atomic E-state index is 13.8. The molecule has 198 valence electrons. The molecular weight excluding hydrogens is 490 g/mol. The predicted molar refractivity (Wildman–Crippen MR) is 149 cm³/mol. The molecule has 1 unspecified atom stereocenters. The van der Waals surface area contributed by atoms with E-state index in [9.17, 15) is 14.4 Å². The third-order valence-corrected chi connectivity index (χ3v) is 7.83. The minimum absolute atomic E-state index is 0.00272. The molecule has 0 spiro atoms. The molecule has 1 saturated heterocycles. The number of nitrogens with zero attached hydrogens (tertiary/aromatic N) is 3. The number of rotatable bonds is 6. The highest BCUT2D eigenvalue weighted by Gasteiger charge is 2.46. The molecule has 0 radical (unpaired) electrons. The van der Waals surface area contributed by atoms with Crippen molar-refractivity contribution >= 4 is 34.5 Å². The Bertz CT molecular complexity index is 1450. The molecule has 1 aromatic heterocycles. The van der Waals surface area contributed by atoms with Crippen molar-refractivity contribution in [2.24, 2.45) is 0 Å². The van der Waals surface area contributed by atoms with Gasteiger partial charge in [-0.1, -0.05) is 68.1 Å². The molecule has 6 rings (SSSR count). The van der Waals surface area contributed by atoms with E-state index in [0.717, 1.165) is 55.2 Å². The van der Waals surface area contributed by atoms with Gasteiger partial charge in [0, 0.05) is 11.6 Å². The molecule has 3 aromatic carbocycles. The van der Waals surface area contributed by atoms with Crippen LogP contribution in [0.15, 0.2) is 83.3 Å². The zero-order valence-electron chi connectivity index (χ0n) is 21.8. The van der Waals surface area contributed by atoms with E-state index in [1.165, 1.54) is 4.90 Å². The third kappa shape index (κ3) is 5.09. The summed E-state index contributed by atoms with van der Waals surface area (Å²) in [5.41, 5.74) is 3.61. The van der Waals surface area contributed by atoms with E-state index in [-0.39, 0.29) is 36.6 Å². The SMILES string of the molecule is O=C1CC(N(C(=O)Cc2ccccc2)C2CCCCCC2)C(=O)N1c1ccc(-c2nc3ccccc3o2)cc1. The molecule has 2 aliphatic rings. The van der Waals surface area contributed by atoms with Crippen molar-refractivity contribution in [3.8, 4) is 11.5 Å². The van der Waals surface area contributed by atoms with Crippen LogP contribution in [0, 0.1) is 0 Å². The van der Waals surface area contributed by atoms with Gasteiger partial charge in [-0.15, -0.1) is 0 Å². The van der Waals surface area contributed by atoms with Crippen LogP contribution in [0.25, 0.3) is 22.6 Å². The van der Waals surface area contributed by atoms with Gasteiger partial charge in [0.05, 0.1) is 18.5 Å². The van der Waals surface area contributed by atoms with Crippen LogP contribution in [0.2, 0.25) is 0 Å². The Morgan fingerprint density at radius 2 is 1.56 bits per heavy atom. The molecular formula is C32H31N3O4. The van der Waals surface area contributed by atoms with Gasteiger partial charge in [-0.05, 0) is 54.8 Å². The van der Waals surface area contributed by atoms with E-state index in [1.807, 2.05) is 54.6 Å². The van der Waals surface area contributed by atoms with E-state index in [4.69, 9.17) is 4.42 Å². The number of imide groups is 1. The number of anilines is 1. The average molecular weight is 522 g/mol. The summed E-state index contributed by atoms with van der Waals surface area (Å²) in [6, 6.07) is 23.4. The van der Waals surface area contributed by atoms with Gasteiger partial charge < -0.3 is 9.32 Å². The number of oxazole rings is 1. The van der Waals surface area contributed by atoms with Crippen molar-refractivity contribution in [2.45, 2.75) is 63.5 Å². The van der Waals surface area contributed by atoms with Gasteiger partial charge in [0.1, 0.15) is 11.6 Å². The quantitative estimate of drug-likeness (QED) is 0.232. The first-order valence-electron chi connectivity index (χ1n) is 13.8. The lowest BCUT2D eigenvalue weighted by molar-refractivity contribution is -0.140. The lowest BCUT2D eigenvalue weighted by Crippen LogP contribution is -2.51. The monoisotopic (exact) mass is 521 g/mol. The number of benzene rings is 3. The van der Waals surface area contributed by atoms with Crippen LogP contribution in [0.3, 0.4) is 0 Å². The van der Waals surface area contributed by atoms with Crippen LogP contribution in [0.5, 0.6) is 0 Å². The molecule has 1 aliphatic heterocycles. The van der Waals surface area contributed by atoms with E-state index in [2.05, 4.69) is 4.98 Å². The summed E-state index contributed by atoms with van der Waals surface area (Å²) in [6.07, 6.45) is 6.25. The van der Waals surface area contributed by atoms with Gasteiger partial charge in [0.15, 0.2) is 5.58 Å². The number of carbonyl (C=O) groups is 3. The summed E-state index contributed by atoms with van der Waals surface area (Å²) >= 11 is 0. The molecule has 1 aliphatic carbocycles. The van der Waals surface area contributed by atoms with Crippen LogP contribution in [-0.2, 0) is 20.8 Å². The van der Waals surface area contributed by atoms with Crippen LogP contribution in [0.4, 0.5) is 5.69 Å². The molecule has 3 amide bonds. The number of fused-ring (bicyclic) bond motifs is 1. The number of carbonyl (C=O) groups excluding carboxylic acids is 3. The van der Waals surface area contributed by atoms with Crippen LogP contribution < -0.4 is 4.90 Å². The number of para-hydroxylation sites is 2. The Morgan fingerprint density at radius 3 is 2.28 bits per heavy atom.